The van der Waals surface area contributed by atoms with Gasteiger partial charge in [-0.15, -0.1) is 5.06 Å². The summed E-state index contributed by atoms with van der Waals surface area (Å²) in [5.41, 5.74) is 7.38. The van der Waals surface area contributed by atoms with Gasteiger partial charge >= 0.3 is 0 Å². The fourth-order valence-electron chi connectivity index (χ4n) is 4.70. The van der Waals surface area contributed by atoms with E-state index in [0.717, 1.165) is 12.7 Å². The number of Topliss-reactive ketones (excluding diaryl/α,β-unsaturated/α-hetero) is 1. The number of ketones is 1. The molecule has 6 N–H and O–H groups in total. The van der Waals surface area contributed by atoms with Gasteiger partial charge in [0.25, 0.3) is 0 Å². The molecule has 2 aliphatic heterocycles. The van der Waals surface area contributed by atoms with Crippen LogP contribution in [-0.2, 0) is 24.4 Å². The second kappa shape index (κ2) is 11.9. The molecule has 202 valence electrons. The Hall–Kier alpha value is -3.58. The molecule has 0 saturated carbocycles. The minimum absolute atomic E-state index is 0.00368. The lowest BCUT2D eigenvalue weighted by Crippen LogP contribution is -2.60. The van der Waals surface area contributed by atoms with E-state index >= 15 is 0 Å². The number of nitrogens with one attached hydrogen (secondary N) is 4. The highest BCUT2D eigenvalue weighted by Crippen LogP contribution is 2.29. The van der Waals surface area contributed by atoms with Crippen molar-refractivity contribution in [3.05, 3.63) is 83.6 Å². The highest BCUT2D eigenvalue weighted by atomic mass is 32.2. The zero-order valence-electron chi connectivity index (χ0n) is 21.0. The summed E-state index contributed by atoms with van der Waals surface area (Å²) in [5.74, 6) is -1.95. The topological polar surface area (TPSA) is 167 Å². The van der Waals surface area contributed by atoms with Gasteiger partial charge in [0.2, 0.25) is 15.9 Å². The van der Waals surface area contributed by atoms with Crippen LogP contribution in [0.25, 0.3) is 0 Å². The first-order valence-electron chi connectivity index (χ1n) is 12.3. The molecular weight excluding hydrogens is 508 g/mol. The van der Waals surface area contributed by atoms with Crippen LogP contribution in [0.1, 0.15) is 29.9 Å². The Bertz CT molecular complexity index is 1260. The van der Waals surface area contributed by atoms with E-state index in [0.29, 0.717) is 29.7 Å². The molecular formula is C26H32N6O5S. The van der Waals surface area contributed by atoms with Crippen LogP contribution >= 0.6 is 0 Å². The third-order valence-electron chi connectivity index (χ3n) is 6.52. The zero-order chi connectivity index (χ0) is 27.3. The average molecular weight is 541 g/mol. The maximum Gasteiger partial charge on any atom is 0.240 e. The lowest BCUT2D eigenvalue weighted by molar-refractivity contribution is -0.158. The van der Waals surface area contributed by atoms with Crippen molar-refractivity contribution in [3.8, 4) is 0 Å². The molecule has 0 radical (unpaired) electrons. The predicted octanol–water partition coefficient (Wildman–Crippen LogP) is 0.567. The van der Waals surface area contributed by atoms with Crippen molar-refractivity contribution in [2.75, 3.05) is 19.3 Å². The molecule has 11 nitrogen and oxygen atoms in total. The largest absolute Gasteiger partial charge is 0.410 e. The smallest absolute Gasteiger partial charge is 0.240 e. The van der Waals surface area contributed by atoms with Gasteiger partial charge in [-0.3, -0.25) is 15.0 Å². The van der Waals surface area contributed by atoms with Crippen molar-refractivity contribution < 1.29 is 22.8 Å². The van der Waals surface area contributed by atoms with E-state index in [-0.39, 0.29) is 18.2 Å². The number of sulfonamides is 1. The van der Waals surface area contributed by atoms with Crippen molar-refractivity contribution in [1.82, 2.24) is 20.4 Å². The number of hydrogen-bond acceptors (Lipinski definition) is 8. The van der Waals surface area contributed by atoms with Crippen LogP contribution in [-0.4, -0.2) is 68.6 Å². The van der Waals surface area contributed by atoms with Gasteiger partial charge in [0.15, 0.2) is 11.9 Å². The summed E-state index contributed by atoms with van der Waals surface area (Å²) in [7, 11) is -3.85. The number of hydrogen-bond donors (Lipinski definition) is 5. The number of rotatable bonds is 11. The van der Waals surface area contributed by atoms with Crippen molar-refractivity contribution in [1.29, 1.82) is 5.41 Å². The molecule has 4 rings (SSSR count). The van der Waals surface area contributed by atoms with Crippen LogP contribution in [0.4, 0.5) is 0 Å². The van der Waals surface area contributed by atoms with Gasteiger partial charge in [-0.25, -0.2) is 13.1 Å². The van der Waals surface area contributed by atoms with E-state index in [4.69, 9.17) is 16.0 Å². The maximum absolute atomic E-state index is 13.9. The Balaban J connectivity index is 1.70. The summed E-state index contributed by atoms with van der Waals surface area (Å²) in [6.45, 7) is 0.668. The number of nitrogens with zero attached hydrogens (tertiary/aromatic N) is 1. The summed E-state index contributed by atoms with van der Waals surface area (Å²) < 4.78 is 27.4. The molecule has 2 aromatic carbocycles. The predicted molar refractivity (Wildman–Crippen MR) is 142 cm³/mol. The van der Waals surface area contributed by atoms with E-state index in [2.05, 4.69) is 15.4 Å². The van der Waals surface area contributed by atoms with Crippen molar-refractivity contribution in [2.24, 2.45) is 5.73 Å². The molecule has 1 saturated heterocycles. The Morgan fingerprint density at radius 2 is 1.71 bits per heavy atom. The fraction of sp³-hybridized carbons (Fsp3) is 0.346. The molecule has 2 aliphatic rings. The van der Waals surface area contributed by atoms with Gasteiger partial charge in [-0.05, 0) is 30.5 Å². The molecule has 0 aliphatic carbocycles. The molecule has 0 aromatic heterocycles. The van der Waals surface area contributed by atoms with Crippen LogP contribution in [0.5, 0.6) is 0 Å². The molecule has 12 heteroatoms. The van der Waals surface area contributed by atoms with Gasteiger partial charge < -0.3 is 21.2 Å². The summed E-state index contributed by atoms with van der Waals surface area (Å²) in [6, 6.07) is 16.4. The van der Waals surface area contributed by atoms with Gasteiger partial charge in [0.05, 0.1) is 18.8 Å². The third-order valence-corrected chi connectivity index (χ3v) is 7.20. The van der Waals surface area contributed by atoms with E-state index in [1.165, 1.54) is 11.3 Å². The summed E-state index contributed by atoms with van der Waals surface area (Å²) in [4.78, 5) is 33.0. The minimum atomic E-state index is -3.85. The fourth-order valence-corrected chi connectivity index (χ4v) is 5.41. The molecule has 1 fully saturated rings. The highest BCUT2D eigenvalue weighted by molar-refractivity contribution is 7.88. The van der Waals surface area contributed by atoms with Crippen LogP contribution in [0.3, 0.4) is 0 Å². The number of amides is 1. The lowest BCUT2D eigenvalue weighted by atomic mass is 9.85. The Morgan fingerprint density at radius 1 is 1.11 bits per heavy atom. The SMILES string of the molecule is CS(=O)(=O)N[C@@H](C(=O)NC(C(=O)[C@@H]1CCCN1)N1CC(C(=N)N)=CO1)C(c1ccccc1)c1ccccc1. The first-order chi connectivity index (χ1) is 18.1. The monoisotopic (exact) mass is 540 g/mol. The number of carbonyl (C=O) groups is 2. The van der Waals surface area contributed by atoms with Crippen LogP contribution in [0.15, 0.2) is 72.5 Å². The average Bonchev–Trinajstić information content (AvgIpc) is 3.60. The summed E-state index contributed by atoms with van der Waals surface area (Å²) in [5, 5.41) is 14.8. The van der Waals surface area contributed by atoms with Gasteiger partial charge in [-0.2, -0.15) is 0 Å². The quantitative estimate of drug-likeness (QED) is 0.204. The maximum atomic E-state index is 13.9. The Kier molecular flexibility index (Phi) is 8.57. The van der Waals surface area contributed by atoms with Crippen molar-refractivity contribution >= 4 is 27.5 Å². The number of nitrogens with two attached hydrogens (primary N) is 1. The highest BCUT2D eigenvalue weighted by Gasteiger charge is 2.41. The third kappa shape index (κ3) is 6.64. The molecule has 38 heavy (non-hydrogen) atoms. The minimum Gasteiger partial charge on any atom is -0.410 e. The van der Waals surface area contributed by atoms with Gasteiger partial charge in [-0.1, -0.05) is 60.7 Å². The second-order valence-electron chi connectivity index (χ2n) is 9.37. The molecule has 3 atom stereocenters. The lowest BCUT2D eigenvalue weighted by Gasteiger charge is -2.32. The first-order valence-corrected chi connectivity index (χ1v) is 14.1. The standard InChI is InChI=1S/C26H32N6O5S/c1-38(35,36)31-22(21(17-9-4-2-5-10-17)18-11-6-3-7-12-18)26(34)30-25(23(33)20-13-8-14-29-20)32-15-19(16-37-32)24(27)28/h2-7,9-12,16,20-22,25,29,31H,8,13-15H2,1H3,(H3,27,28)(H,30,34)/t20-,22+,25?/m0/s1. The Labute approximate surface area is 221 Å². The zero-order valence-corrected chi connectivity index (χ0v) is 21.8. The van der Waals surface area contributed by atoms with Crippen molar-refractivity contribution in [3.63, 3.8) is 0 Å². The molecule has 1 unspecified atom stereocenters. The van der Waals surface area contributed by atoms with Crippen molar-refractivity contribution in [2.45, 2.75) is 37.0 Å². The molecule has 0 bridgehead atoms. The van der Waals surface area contributed by atoms with E-state index in [9.17, 15) is 18.0 Å². The van der Waals surface area contributed by atoms with Gasteiger partial charge in [0, 0.05) is 11.5 Å². The Morgan fingerprint density at radius 3 is 2.18 bits per heavy atom. The number of amidine groups is 1. The van der Waals surface area contributed by atoms with Gasteiger partial charge in [0.1, 0.15) is 18.1 Å². The molecule has 1 amide bonds. The summed E-state index contributed by atoms with van der Waals surface area (Å²) >= 11 is 0. The molecule has 2 aromatic rings. The normalized spacial score (nSPS) is 19.4. The van der Waals surface area contributed by atoms with E-state index in [1.807, 2.05) is 60.7 Å². The van der Waals surface area contributed by atoms with Crippen LogP contribution in [0.2, 0.25) is 0 Å². The first kappa shape index (κ1) is 27.5. The van der Waals surface area contributed by atoms with E-state index < -0.39 is 40.1 Å². The second-order valence-corrected chi connectivity index (χ2v) is 11.1. The van der Waals surface area contributed by atoms with Crippen LogP contribution < -0.4 is 21.1 Å². The summed E-state index contributed by atoms with van der Waals surface area (Å²) in [6.07, 6.45) is 2.39. The molecule has 2 heterocycles. The van der Waals surface area contributed by atoms with Crippen LogP contribution in [0, 0.1) is 5.41 Å². The number of benzene rings is 2. The molecule has 0 spiro atoms. The number of hydroxylamine groups is 2. The van der Waals surface area contributed by atoms with E-state index in [1.54, 1.807) is 0 Å². The number of carbonyl (C=O) groups excluding carboxylic acids is 2.